The molecular formula is C9H7N3O4. The SMILES string of the molecule is COc1cc([N+](=O)[O-])c2[nH]ncc(=O)c2c1. The smallest absolute Gasteiger partial charge is 0.298 e. The van der Waals surface area contributed by atoms with E-state index in [1.54, 1.807) is 0 Å². The fourth-order valence-corrected chi connectivity index (χ4v) is 1.40. The van der Waals surface area contributed by atoms with Gasteiger partial charge < -0.3 is 4.74 Å². The number of benzene rings is 1. The van der Waals surface area contributed by atoms with Gasteiger partial charge in [0.2, 0.25) is 5.43 Å². The van der Waals surface area contributed by atoms with Crippen LogP contribution in [0, 0.1) is 10.1 Å². The van der Waals surface area contributed by atoms with E-state index in [0.717, 1.165) is 6.20 Å². The highest BCUT2D eigenvalue weighted by atomic mass is 16.6. The Bertz CT molecular complexity index is 620. The number of rotatable bonds is 2. The summed E-state index contributed by atoms with van der Waals surface area (Å²) >= 11 is 0. The number of nitrogens with zero attached hydrogens (tertiary/aromatic N) is 2. The number of nitro groups is 1. The van der Waals surface area contributed by atoms with Crippen molar-refractivity contribution in [2.75, 3.05) is 7.11 Å². The zero-order chi connectivity index (χ0) is 11.7. The maximum absolute atomic E-state index is 11.5. The molecular weight excluding hydrogens is 214 g/mol. The first-order valence-corrected chi connectivity index (χ1v) is 4.33. The van der Waals surface area contributed by atoms with Gasteiger partial charge in [-0.25, -0.2) is 0 Å². The lowest BCUT2D eigenvalue weighted by Gasteiger charge is -2.02. The fraction of sp³-hybridized carbons (Fsp3) is 0.111. The van der Waals surface area contributed by atoms with Gasteiger partial charge >= 0.3 is 0 Å². The van der Waals surface area contributed by atoms with E-state index in [1.165, 1.54) is 19.2 Å². The minimum atomic E-state index is -0.595. The molecule has 2 aromatic rings. The summed E-state index contributed by atoms with van der Waals surface area (Å²) in [6.07, 6.45) is 1.06. The Morgan fingerprint density at radius 1 is 1.50 bits per heavy atom. The molecule has 0 spiro atoms. The lowest BCUT2D eigenvalue weighted by molar-refractivity contribution is -0.383. The van der Waals surface area contributed by atoms with Gasteiger partial charge in [0.1, 0.15) is 11.3 Å². The molecule has 0 aliphatic rings. The molecule has 0 aliphatic carbocycles. The predicted octanol–water partition coefficient (Wildman–Crippen LogP) is 0.840. The van der Waals surface area contributed by atoms with Crippen molar-refractivity contribution in [3.05, 3.63) is 38.7 Å². The van der Waals surface area contributed by atoms with Crippen molar-refractivity contribution >= 4 is 16.6 Å². The van der Waals surface area contributed by atoms with Crippen LogP contribution in [-0.4, -0.2) is 22.2 Å². The van der Waals surface area contributed by atoms with E-state index in [-0.39, 0.29) is 22.3 Å². The molecule has 1 aromatic heterocycles. The minimum absolute atomic E-state index is 0.0956. The van der Waals surface area contributed by atoms with E-state index in [1.807, 2.05) is 0 Å². The van der Waals surface area contributed by atoms with Gasteiger partial charge in [0, 0.05) is 0 Å². The molecule has 82 valence electrons. The first-order valence-electron chi connectivity index (χ1n) is 4.33. The zero-order valence-corrected chi connectivity index (χ0v) is 8.26. The molecule has 0 amide bonds. The largest absolute Gasteiger partial charge is 0.496 e. The number of nitrogens with one attached hydrogen (secondary N) is 1. The topological polar surface area (TPSA) is 98.1 Å². The van der Waals surface area contributed by atoms with Crippen LogP contribution < -0.4 is 10.2 Å². The van der Waals surface area contributed by atoms with Crippen molar-refractivity contribution < 1.29 is 9.66 Å². The number of ether oxygens (including phenoxy) is 1. The second-order valence-corrected chi connectivity index (χ2v) is 3.06. The highest BCUT2D eigenvalue weighted by Gasteiger charge is 2.16. The molecule has 0 atom stereocenters. The Hall–Kier alpha value is -2.44. The van der Waals surface area contributed by atoms with Crippen LogP contribution in [0.3, 0.4) is 0 Å². The van der Waals surface area contributed by atoms with Crippen LogP contribution in [0.2, 0.25) is 0 Å². The summed E-state index contributed by atoms with van der Waals surface area (Å²) in [6, 6.07) is 2.67. The second-order valence-electron chi connectivity index (χ2n) is 3.06. The van der Waals surface area contributed by atoms with Crippen LogP contribution in [-0.2, 0) is 0 Å². The quantitative estimate of drug-likeness (QED) is 0.598. The molecule has 0 saturated heterocycles. The minimum Gasteiger partial charge on any atom is -0.496 e. The molecule has 16 heavy (non-hydrogen) atoms. The molecule has 2 rings (SSSR count). The van der Waals surface area contributed by atoms with Crippen LogP contribution in [0.15, 0.2) is 23.1 Å². The molecule has 0 radical (unpaired) electrons. The van der Waals surface area contributed by atoms with Gasteiger partial charge in [-0.3, -0.25) is 20.0 Å². The summed E-state index contributed by atoms with van der Waals surface area (Å²) in [5.74, 6) is 0.260. The molecule has 1 aromatic carbocycles. The van der Waals surface area contributed by atoms with Gasteiger partial charge in [0.15, 0.2) is 0 Å². The predicted molar refractivity (Wildman–Crippen MR) is 55.6 cm³/mol. The van der Waals surface area contributed by atoms with Crippen LogP contribution in [0.25, 0.3) is 10.9 Å². The van der Waals surface area contributed by atoms with Crippen molar-refractivity contribution in [3.63, 3.8) is 0 Å². The average Bonchev–Trinajstić information content (AvgIpc) is 2.28. The number of non-ortho nitro benzene ring substituents is 1. The summed E-state index contributed by atoms with van der Waals surface area (Å²) in [4.78, 5) is 21.7. The summed E-state index contributed by atoms with van der Waals surface area (Å²) in [5.41, 5.74) is -0.534. The number of methoxy groups -OCH3 is 1. The van der Waals surface area contributed by atoms with Crippen LogP contribution in [0.1, 0.15) is 0 Å². The Morgan fingerprint density at radius 3 is 2.88 bits per heavy atom. The lowest BCUT2D eigenvalue weighted by atomic mass is 10.2. The first kappa shape index (κ1) is 10.1. The Labute approximate surface area is 88.8 Å². The van der Waals surface area contributed by atoms with Crippen molar-refractivity contribution in [2.24, 2.45) is 0 Å². The zero-order valence-electron chi connectivity index (χ0n) is 8.26. The summed E-state index contributed by atoms with van der Waals surface area (Å²) in [7, 11) is 1.38. The van der Waals surface area contributed by atoms with Crippen LogP contribution in [0.5, 0.6) is 5.75 Å². The van der Waals surface area contributed by atoms with E-state index in [9.17, 15) is 14.9 Å². The normalized spacial score (nSPS) is 10.3. The van der Waals surface area contributed by atoms with Gasteiger partial charge in [-0.15, -0.1) is 0 Å². The Morgan fingerprint density at radius 2 is 2.25 bits per heavy atom. The van der Waals surface area contributed by atoms with E-state index in [0.29, 0.717) is 0 Å². The van der Waals surface area contributed by atoms with E-state index >= 15 is 0 Å². The Kier molecular flexibility index (Phi) is 2.28. The van der Waals surface area contributed by atoms with Crippen molar-refractivity contribution in [1.29, 1.82) is 0 Å². The highest BCUT2D eigenvalue weighted by molar-refractivity contribution is 5.87. The standard InChI is InChI=1S/C9H7N3O4/c1-16-5-2-6-8(13)4-10-11-9(6)7(3-5)12(14)15/h2-4H,1H3,(H,11,13). The third kappa shape index (κ3) is 1.48. The van der Waals surface area contributed by atoms with Gasteiger partial charge in [-0.05, 0) is 6.07 Å². The number of nitro benzene ring substituents is 1. The summed E-state index contributed by atoms with van der Waals surface area (Å²) < 4.78 is 4.89. The van der Waals surface area contributed by atoms with E-state index in [2.05, 4.69) is 10.2 Å². The molecule has 0 fully saturated rings. The summed E-state index contributed by atoms with van der Waals surface area (Å²) in [5, 5.41) is 16.9. The molecule has 7 nitrogen and oxygen atoms in total. The van der Waals surface area contributed by atoms with Gasteiger partial charge in [-0.1, -0.05) is 0 Å². The molecule has 1 heterocycles. The second kappa shape index (κ2) is 3.61. The fourth-order valence-electron chi connectivity index (χ4n) is 1.40. The van der Waals surface area contributed by atoms with E-state index < -0.39 is 10.4 Å². The van der Waals surface area contributed by atoms with Crippen molar-refractivity contribution in [1.82, 2.24) is 10.2 Å². The van der Waals surface area contributed by atoms with E-state index in [4.69, 9.17) is 4.74 Å². The van der Waals surface area contributed by atoms with Gasteiger partial charge in [-0.2, -0.15) is 5.10 Å². The third-order valence-corrected chi connectivity index (χ3v) is 2.15. The lowest BCUT2D eigenvalue weighted by Crippen LogP contribution is -2.05. The number of aromatic amines is 1. The van der Waals surface area contributed by atoms with Crippen molar-refractivity contribution in [2.45, 2.75) is 0 Å². The first-order chi connectivity index (χ1) is 7.63. The number of hydrogen-bond donors (Lipinski definition) is 1. The molecule has 0 unspecified atom stereocenters. The molecule has 1 N–H and O–H groups in total. The molecule has 0 saturated carbocycles. The highest BCUT2D eigenvalue weighted by Crippen LogP contribution is 2.26. The molecule has 7 heteroatoms. The van der Waals surface area contributed by atoms with Gasteiger partial charge in [0.25, 0.3) is 5.69 Å². The third-order valence-electron chi connectivity index (χ3n) is 2.15. The van der Waals surface area contributed by atoms with Gasteiger partial charge in [0.05, 0.1) is 29.7 Å². The Balaban J connectivity index is 2.93. The number of hydrogen-bond acceptors (Lipinski definition) is 5. The molecule has 0 bridgehead atoms. The maximum atomic E-state index is 11.5. The number of aromatic nitrogens is 2. The van der Waals surface area contributed by atoms with Crippen LogP contribution >= 0.6 is 0 Å². The average molecular weight is 221 g/mol. The van der Waals surface area contributed by atoms with Crippen LogP contribution in [0.4, 0.5) is 5.69 Å². The number of H-pyrrole nitrogens is 1. The molecule has 0 aliphatic heterocycles. The monoisotopic (exact) mass is 221 g/mol. The van der Waals surface area contributed by atoms with Crippen molar-refractivity contribution in [3.8, 4) is 5.75 Å². The number of fused-ring (bicyclic) bond motifs is 1. The summed E-state index contributed by atoms with van der Waals surface area (Å²) in [6.45, 7) is 0. The maximum Gasteiger partial charge on any atom is 0.298 e.